The second-order valence-corrected chi connectivity index (χ2v) is 3.60. The van der Waals surface area contributed by atoms with E-state index < -0.39 is 12.2 Å². The van der Waals surface area contributed by atoms with Gasteiger partial charge in [-0.3, -0.25) is 0 Å². The van der Waals surface area contributed by atoms with Crippen LogP contribution in [0.3, 0.4) is 0 Å². The third-order valence-corrected chi connectivity index (χ3v) is 2.59. The Balaban J connectivity index is 0.000000671. The Bertz CT molecular complexity index is 115. The molecule has 0 saturated heterocycles. The summed E-state index contributed by atoms with van der Waals surface area (Å²) in [5, 5.41) is 18.5. The van der Waals surface area contributed by atoms with Crippen molar-refractivity contribution in [2.24, 2.45) is 5.92 Å². The molecule has 0 aromatic rings. The second kappa shape index (κ2) is 7.34. The molecule has 0 spiro atoms. The van der Waals surface area contributed by atoms with Gasteiger partial charge < -0.3 is 10.2 Å². The van der Waals surface area contributed by atoms with Gasteiger partial charge in [-0.1, -0.05) is 33.6 Å². The summed E-state index contributed by atoms with van der Waals surface area (Å²) in [5.41, 5.74) is 0. The van der Waals surface area contributed by atoms with Crippen molar-refractivity contribution in [2.75, 3.05) is 0 Å². The summed E-state index contributed by atoms with van der Waals surface area (Å²) in [6.07, 6.45) is 4.15. The first-order chi connectivity index (χ1) is 6.24. The summed E-state index contributed by atoms with van der Waals surface area (Å²) in [6.45, 7) is 6.16. The highest BCUT2D eigenvalue weighted by Gasteiger charge is 2.26. The van der Waals surface area contributed by atoms with Crippen molar-refractivity contribution in [3.05, 3.63) is 0 Å². The van der Waals surface area contributed by atoms with Gasteiger partial charge in [0.1, 0.15) is 0 Å². The van der Waals surface area contributed by atoms with Crippen LogP contribution in [0.25, 0.3) is 0 Å². The zero-order chi connectivity index (χ0) is 10.3. The van der Waals surface area contributed by atoms with Gasteiger partial charge in [0.05, 0.1) is 12.2 Å². The van der Waals surface area contributed by atoms with E-state index in [-0.39, 0.29) is 0 Å². The maximum atomic E-state index is 9.32. The predicted octanol–water partition coefficient (Wildman–Crippen LogP) is 2.33. The van der Waals surface area contributed by atoms with Gasteiger partial charge in [0.2, 0.25) is 0 Å². The van der Waals surface area contributed by atoms with E-state index in [0.717, 1.165) is 19.3 Å². The highest BCUT2D eigenvalue weighted by molar-refractivity contribution is 4.78. The van der Waals surface area contributed by atoms with Crippen molar-refractivity contribution in [1.29, 1.82) is 0 Å². The summed E-state index contributed by atoms with van der Waals surface area (Å²) in [4.78, 5) is 0. The van der Waals surface area contributed by atoms with Crippen LogP contribution in [-0.4, -0.2) is 22.4 Å². The third-order valence-electron chi connectivity index (χ3n) is 2.59. The molecule has 0 aliphatic heterocycles. The lowest BCUT2D eigenvalue weighted by molar-refractivity contribution is -0.0265. The van der Waals surface area contributed by atoms with E-state index in [2.05, 4.69) is 6.92 Å². The van der Waals surface area contributed by atoms with Gasteiger partial charge in [-0.2, -0.15) is 0 Å². The quantitative estimate of drug-likeness (QED) is 0.698. The normalized spacial score (nSPS) is 33.5. The molecular weight excluding hydrogens is 164 g/mol. The van der Waals surface area contributed by atoms with Crippen molar-refractivity contribution in [1.82, 2.24) is 0 Å². The zero-order valence-electron chi connectivity index (χ0n) is 9.16. The Labute approximate surface area is 82.0 Å². The lowest BCUT2D eigenvalue weighted by Crippen LogP contribution is -2.33. The van der Waals surface area contributed by atoms with Crippen LogP contribution in [-0.2, 0) is 0 Å². The Morgan fingerprint density at radius 1 is 1.08 bits per heavy atom. The third kappa shape index (κ3) is 4.63. The molecule has 13 heavy (non-hydrogen) atoms. The van der Waals surface area contributed by atoms with Crippen LogP contribution in [0.15, 0.2) is 0 Å². The van der Waals surface area contributed by atoms with Gasteiger partial charge in [0, 0.05) is 0 Å². The number of hydrogen-bond donors (Lipinski definition) is 2. The molecule has 0 aromatic carbocycles. The number of rotatable bonds is 2. The second-order valence-electron chi connectivity index (χ2n) is 3.60. The summed E-state index contributed by atoms with van der Waals surface area (Å²) < 4.78 is 0. The molecule has 0 radical (unpaired) electrons. The van der Waals surface area contributed by atoms with Crippen molar-refractivity contribution >= 4 is 0 Å². The Morgan fingerprint density at radius 3 is 2.15 bits per heavy atom. The summed E-state index contributed by atoms with van der Waals surface area (Å²) in [5.74, 6) is 0.651. The first-order valence-corrected chi connectivity index (χ1v) is 5.60. The molecule has 1 aliphatic rings. The lowest BCUT2D eigenvalue weighted by Gasteiger charge is -2.29. The van der Waals surface area contributed by atoms with Gasteiger partial charge in [-0.05, 0) is 25.2 Å². The van der Waals surface area contributed by atoms with Gasteiger partial charge in [0.25, 0.3) is 0 Å². The molecule has 0 aromatic heterocycles. The van der Waals surface area contributed by atoms with Crippen molar-refractivity contribution in [3.63, 3.8) is 0 Å². The molecule has 1 rings (SSSR count). The fourth-order valence-electron chi connectivity index (χ4n) is 1.89. The van der Waals surface area contributed by atoms with Crippen LogP contribution in [0, 0.1) is 5.92 Å². The average molecular weight is 188 g/mol. The summed E-state index contributed by atoms with van der Waals surface area (Å²) >= 11 is 0. The molecule has 80 valence electrons. The maximum absolute atomic E-state index is 9.32. The van der Waals surface area contributed by atoms with Gasteiger partial charge >= 0.3 is 0 Å². The van der Waals surface area contributed by atoms with Crippen LogP contribution in [0.2, 0.25) is 0 Å². The molecule has 0 amide bonds. The van der Waals surface area contributed by atoms with Crippen LogP contribution < -0.4 is 0 Å². The molecule has 2 nitrogen and oxygen atoms in total. The Morgan fingerprint density at radius 2 is 1.69 bits per heavy atom. The minimum atomic E-state index is -0.458. The van der Waals surface area contributed by atoms with E-state index in [1.54, 1.807) is 0 Å². The molecule has 1 aliphatic carbocycles. The van der Waals surface area contributed by atoms with E-state index >= 15 is 0 Å². The maximum Gasteiger partial charge on any atom is 0.0801 e. The molecule has 1 fully saturated rings. The van der Waals surface area contributed by atoms with E-state index in [1.807, 2.05) is 13.8 Å². The standard InChI is InChI=1S/C9H18O2.C2H6/c1-2-3-7-4-5-8(10)9(11)6-7;1-2/h7-11H,2-6H2,1H3;1-2H3. The molecule has 3 unspecified atom stereocenters. The monoisotopic (exact) mass is 188 g/mol. The average Bonchev–Trinajstić information content (AvgIpc) is 2.15. The van der Waals surface area contributed by atoms with E-state index in [0.29, 0.717) is 5.92 Å². The molecule has 3 atom stereocenters. The molecule has 1 saturated carbocycles. The van der Waals surface area contributed by atoms with Gasteiger partial charge in [-0.25, -0.2) is 0 Å². The molecule has 2 heteroatoms. The van der Waals surface area contributed by atoms with E-state index in [9.17, 15) is 10.2 Å². The molecule has 0 bridgehead atoms. The van der Waals surface area contributed by atoms with Gasteiger partial charge in [-0.15, -0.1) is 0 Å². The highest BCUT2D eigenvalue weighted by atomic mass is 16.3. The van der Waals surface area contributed by atoms with E-state index in [4.69, 9.17) is 0 Å². The summed E-state index contributed by atoms with van der Waals surface area (Å²) in [7, 11) is 0. The largest absolute Gasteiger partial charge is 0.390 e. The minimum Gasteiger partial charge on any atom is -0.390 e. The van der Waals surface area contributed by atoms with Crippen LogP contribution in [0.1, 0.15) is 52.9 Å². The minimum absolute atomic E-state index is 0.455. The van der Waals surface area contributed by atoms with Crippen LogP contribution in [0.4, 0.5) is 0 Å². The topological polar surface area (TPSA) is 40.5 Å². The van der Waals surface area contributed by atoms with Crippen molar-refractivity contribution < 1.29 is 10.2 Å². The SMILES string of the molecule is CC.CCCC1CCC(O)C(O)C1. The molecule has 0 heterocycles. The summed E-state index contributed by atoms with van der Waals surface area (Å²) in [6, 6.07) is 0. The first kappa shape index (κ1) is 12.9. The van der Waals surface area contributed by atoms with Crippen molar-refractivity contribution in [3.8, 4) is 0 Å². The lowest BCUT2D eigenvalue weighted by atomic mass is 9.83. The fraction of sp³-hybridized carbons (Fsp3) is 1.00. The zero-order valence-corrected chi connectivity index (χ0v) is 9.16. The predicted molar refractivity (Wildman–Crippen MR) is 55.6 cm³/mol. The fourth-order valence-corrected chi connectivity index (χ4v) is 1.89. The molecule has 2 N–H and O–H groups in total. The van der Waals surface area contributed by atoms with Gasteiger partial charge in [0.15, 0.2) is 0 Å². The Hall–Kier alpha value is -0.0800. The highest BCUT2D eigenvalue weighted by Crippen LogP contribution is 2.27. The number of aliphatic hydroxyl groups excluding tert-OH is 2. The number of aliphatic hydroxyl groups is 2. The first-order valence-electron chi connectivity index (χ1n) is 5.60. The Kier molecular flexibility index (Phi) is 7.29. The van der Waals surface area contributed by atoms with Crippen LogP contribution in [0.5, 0.6) is 0 Å². The van der Waals surface area contributed by atoms with Crippen molar-refractivity contribution in [2.45, 2.75) is 65.1 Å². The van der Waals surface area contributed by atoms with Crippen LogP contribution >= 0.6 is 0 Å². The smallest absolute Gasteiger partial charge is 0.0801 e. The van der Waals surface area contributed by atoms with E-state index in [1.165, 1.54) is 12.8 Å². The number of hydrogen-bond acceptors (Lipinski definition) is 2. The molecular formula is C11H24O2.